The van der Waals surface area contributed by atoms with Crippen molar-refractivity contribution in [2.45, 2.75) is 19.9 Å². The minimum Gasteiger partial charge on any atom is -0.454 e. The molecular formula is C16H16ClF2NO. The van der Waals surface area contributed by atoms with E-state index in [0.29, 0.717) is 17.3 Å². The molecular weight excluding hydrogens is 296 g/mol. The first kappa shape index (κ1) is 15.7. The predicted octanol–water partition coefficient (Wildman–Crippen LogP) is 4.91. The summed E-state index contributed by atoms with van der Waals surface area (Å²) in [5.74, 6) is -0.924. The lowest BCUT2D eigenvalue weighted by atomic mass is 10.2. The summed E-state index contributed by atoms with van der Waals surface area (Å²) in [5, 5.41) is 3.73. The largest absolute Gasteiger partial charge is 0.454 e. The number of nitrogens with one attached hydrogen (secondary N) is 1. The monoisotopic (exact) mass is 311 g/mol. The summed E-state index contributed by atoms with van der Waals surface area (Å²) in [6.45, 7) is 3.39. The van der Waals surface area contributed by atoms with Gasteiger partial charge >= 0.3 is 0 Å². The van der Waals surface area contributed by atoms with E-state index in [1.807, 2.05) is 0 Å². The second-order valence-electron chi connectivity index (χ2n) is 4.57. The van der Waals surface area contributed by atoms with Crippen LogP contribution >= 0.6 is 11.6 Å². The second-order valence-corrected chi connectivity index (χ2v) is 4.98. The Morgan fingerprint density at radius 1 is 1.14 bits per heavy atom. The van der Waals surface area contributed by atoms with E-state index in [4.69, 9.17) is 16.3 Å². The molecule has 0 atom stereocenters. The van der Waals surface area contributed by atoms with Crippen LogP contribution in [0.1, 0.15) is 18.9 Å². The summed E-state index contributed by atoms with van der Waals surface area (Å²) >= 11 is 6.16. The van der Waals surface area contributed by atoms with Gasteiger partial charge in [0.2, 0.25) is 0 Å². The third kappa shape index (κ3) is 4.16. The molecule has 0 bridgehead atoms. The highest BCUT2D eigenvalue weighted by molar-refractivity contribution is 6.31. The summed E-state index contributed by atoms with van der Waals surface area (Å²) in [7, 11) is 0. The molecule has 0 heterocycles. The molecule has 0 saturated heterocycles. The van der Waals surface area contributed by atoms with Crippen molar-refractivity contribution in [3.05, 3.63) is 58.6 Å². The first-order valence-electron chi connectivity index (χ1n) is 6.73. The Morgan fingerprint density at radius 2 is 1.95 bits per heavy atom. The van der Waals surface area contributed by atoms with Crippen LogP contribution in [0, 0.1) is 11.6 Å². The molecule has 0 aromatic heterocycles. The Balaban J connectivity index is 2.26. The molecule has 0 fully saturated rings. The first-order valence-corrected chi connectivity index (χ1v) is 7.10. The molecule has 0 spiro atoms. The number of ether oxygens (including phenoxy) is 1. The Bertz CT molecular complexity index is 619. The minimum absolute atomic E-state index is 0.158. The second kappa shape index (κ2) is 7.38. The van der Waals surface area contributed by atoms with Crippen molar-refractivity contribution in [1.82, 2.24) is 5.32 Å². The summed E-state index contributed by atoms with van der Waals surface area (Å²) in [4.78, 5) is 0. The van der Waals surface area contributed by atoms with Gasteiger partial charge in [-0.05, 0) is 37.2 Å². The molecule has 0 saturated carbocycles. The van der Waals surface area contributed by atoms with Crippen molar-refractivity contribution in [2.24, 2.45) is 0 Å². The van der Waals surface area contributed by atoms with E-state index in [9.17, 15) is 8.78 Å². The van der Waals surface area contributed by atoms with Crippen LogP contribution in [0.4, 0.5) is 8.78 Å². The van der Waals surface area contributed by atoms with Gasteiger partial charge in [0.15, 0.2) is 11.6 Å². The molecule has 5 heteroatoms. The number of halogens is 3. The fourth-order valence-electron chi connectivity index (χ4n) is 1.87. The Morgan fingerprint density at radius 3 is 2.71 bits per heavy atom. The molecule has 0 aliphatic carbocycles. The van der Waals surface area contributed by atoms with E-state index < -0.39 is 11.6 Å². The van der Waals surface area contributed by atoms with E-state index >= 15 is 0 Å². The van der Waals surface area contributed by atoms with E-state index in [1.165, 1.54) is 0 Å². The Hall–Kier alpha value is -1.65. The van der Waals surface area contributed by atoms with E-state index in [1.54, 1.807) is 18.2 Å². The molecule has 2 nitrogen and oxygen atoms in total. The van der Waals surface area contributed by atoms with Crippen LogP contribution in [-0.2, 0) is 6.54 Å². The molecule has 2 aromatic rings. The van der Waals surface area contributed by atoms with E-state index in [0.717, 1.165) is 36.7 Å². The van der Waals surface area contributed by atoms with Gasteiger partial charge in [-0.3, -0.25) is 0 Å². The van der Waals surface area contributed by atoms with Crippen molar-refractivity contribution in [2.75, 3.05) is 6.54 Å². The average molecular weight is 312 g/mol. The summed E-state index contributed by atoms with van der Waals surface area (Å²) in [5.41, 5.74) is 0.719. The normalized spacial score (nSPS) is 10.7. The lowest BCUT2D eigenvalue weighted by Crippen LogP contribution is -2.14. The summed E-state index contributed by atoms with van der Waals surface area (Å²) in [6.07, 6.45) is 0.985. The van der Waals surface area contributed by atoms with Crippen LogP contribution < -0.4 is 10.1 Å². The van der Waals surface area contributed by atoms with Gasteiger partial charge in [0.1, 0.15) is 11.6 Å². The van der Waals surface area contributed by atoms with Crippen LogP contribution in [0.3, 0.4) is 0 Å². The SMILES string of the molecule is CCCNCc1c(Cl)cccc1Oc1cc(F)ccc1F. The topological polar surface area (TPSA) is 21.3 Å². The molecule has 2 rings (SSSR count). The molecule has 21 heavy (non-hydrogen) atoms. The van der Waals surface area contributed by atoms with Gasteiger partial charge in [-0.1, -0.05) is 24.6 Å². The maximum Gasteiger partial charge on any atom is 0.165 e. The number of rotatable bonds is 6. The molecule has 1 N–H and O–H groups in total. The van der Waals surface area contributed by atoms with Crippen molar-refractivity contribution in [3.63, 3.8) is 0 Å². The fourth-order valence-corrected chi connectivity index (χ4v) is 2.10. The average Bonchev–Trinajstić information content (AvgIpc) is 2.46. The lowest BCUT2D eigenvalue weighted by molar-refractivity contribution is 0.430. The van der Waals surface area contributed by atoms with Crippen molar-refractivity contribution < 1.29 is 13.5 Å². The van der Waals surface area contributed by atoms with Crippen LogP contribution in [0.15, 0.2) is 36.4 Å². The number of hydrogen-bond donors (Lipinski definition) is 1. The highest BCUT2D eigenvalue weighted by Gasteiger charge is 2.12. The van der Waals surface area contributed by atoms with Crippen molar-refractivity contribution >= 4 is 11.6 Å². The van der Waals surface area contributed by atoms with Crippen molar-refractivity contribution in [1.29, 1.82) is 0 Å². The van der Waals surface area contributed by atoms with Crippen LogP contribution in [0.25, 0.3) is 0 Å². The maximum absolute atomic E-state index is 13.7. The third-order valence-electron chi connectivity index (χ3n) is 2.92. The first-order chi connectivity index (χ1) is 10.1. The predicted molar refractivity (Wildman–Crippen MR) is 79.9 cm³/mol. The van der Waals surface area contributed by atoms with E-state index in [2.05, 4.69) is 12.2 Å². The third-order valence-corrected chi connectivity index (χ3v) is 3.27. The maximum atomic E-state index is 13.7. The summed E-state index contributed by atoms with van der Waals surface area (Å²) in [6, 6.07) is 8.21. The van der Waals surface area contributed by atoms with Crippen molar-refractivity contribution in [3.8, 4) is 11.5 Å². The smallest absolute Gasteiger partial charge is 0.165 e. The quantitative estimate of drug-likeness (QED) is 0.765. The fraction of sp³-hybridized carbons (Fsp3) is 0.250. The Kier molecular flexibility index (Phi) is 5.53. The van der Waals surface area contributed by atoms with Gasteiger partial charge in [0, 0.05) is 23.2 Å². The van der Waals surface area contributed by atoms with Crippen LogP contribution in [-0.4, -0.2) is 6.54 Å². The molecule has 0 unspecified atom stereocenters. The molecule has 2 aromatic carbocycles. The van der Waals surface area contributed by atoms with Gasteiger partial charge in [-0.15, -0.1) is 0 Å². The zero-order chi connectivity index (χ0) is 15.2. The molecule has 0 radical (unpaired) electrons. The van der Waals surface area contributed by atoms with Gasteiger partial charge in [-0.25, -0.2) is 8.78 Å². The van der Waals surface area contributed by atoms with E-state index in [-0.39, 0.29) is 5.75 Å². The lowest BCUT2D eigenvalue weighted by Gasteiger charge is -2.13. The van der Waals surface area contributed by atoms with Crippen LogP contribution in [0.2, 0.25) is 5.02 Å². The number of benzene rings is 2. The highest BCUT2D eigenvalue weighted by Crippen LogP contribution is 2.32. The molecule has 0 aliphatic heterocycles. The van der Waals surface area contributed by atoms with Gasteiger partial charge in [-0.2, -0.15) is 0 Å². The van der Waals surface area contributed by atoms with Gasteiger partial charge < -0.3 is 10.1 Å². The highest BCUT2D eigenvalue weighted by atomic mass is 35.5. The van der Waals surface area contributed by atoms with Crippen LogP contribution in [0.5, 0.6) is 11.5 Å². The molecule has 0 aliphatic rings. The minimum atomic E-state index is -0.621. The standard InChI is InChI=1S/C16H16ClF2NO/c1-2-8-20-10-12-13(17)4-3-5-15(12)21-16-9-11(18)6-7-14(16)19/h3-7,9,20H,2,8,10H2,1H3. The Labute approximate surface area is 127 Å². The zero-order valence-corrected chi connectivity index (χ0v) is 12.4. The number of hydrogen-bond acceptors (Lipinski definition) is 2. The zero-order valence-electron chi connectivity index (χ0n) is 11.6. The van der Waals surface area contributed by atoms with Gasteiger partial charge in [0.25, 0.3) is 0 Å². The summed E-state index contributed by atoms with van der Waals surface area (Å²) < 4.78 is 32.3. The molecule has 0 amide bonds. The molecule has 112 valence electrons. The van der Waals surface area contributed by atoms with Gasteiger partial charge in [0.05, 0.1) is 0 Å².